The van der Waals surface area contributed by atoms with E-state index in [0.29, 0.717) is 12.5 Å². The van der Waals surface area contributed by atoms with Gasteiger partial charge in [-0.3, -0.25) is 4.99 Å². The fourth-order valence-corrected chi connectivity index (χ4v) is 2.83. The van der Waals surface area contributed by atoms with Crippen LogP contribution in [0.1, 0.15) is 36.9 Å². The van der Waals surface area contributed by atoms with Gasteiger partial charge >= 0.3 is 0 Å². The minimum Gasteiger partial charge on any atom is -0.356 e. The van der Waals surface area contributed by atoms with E-state index in [-0.39, 0.29) is 24.0 Å². The molecule has 0 aliphatic rings. The minimum absolute atomic E-state index is 0. The largest absolute Gasteiger partial charge is 0.356 e. The molecule has 2 rings (SSSR count). The highest BCUT2D eigenvalue weighted by atomic mass is 127. The van der Waals surface area contributed by atoms with Crippen molar-refractivity contribution in [3.8, 4) is 0 Å². The summed E-state index contributed by atoms with van der Waals surface area (Å²) in [5.41, 5.74) is 1.16. The van der Waals surface area contributed by atoms with E-state index in [4.69, 9.17) is 0 Å². The van der Waals surface area contributed by atoms with Crippen molar-refractivity contribution in [1.29, 1.82) is 0 Å². The third-order valence-corrected chi connectivity index (χ3v) is 4.10. The highest BCUT2D eigenvalue weighted by Crippen LogP contribution is 2.17. The zero-order valence-electron chi connectivity index (χ0n) is 13.8. The van der Waals surface area contributed by atoms with Crippen LogP contribution in [0.15, 0.2) is 29.1 Å². The maximum atomic E-state index is 4.61. The fraction of sp³-hybridized carbons (Fsp3) is 0.533. The number of imidazole rings is 1. The molecule has 2 heterocycles. The number of hydrogen-bond acceptors (Lipinski definition) is 4. The quantitative estimate of drug-likeness (QED) is 0.296. The lowest BCUT2D eigenvalue weighted by Crippen LogP contribution is -2.37. The van der Waals surface area contributed by atoms with Crippen molar-refractivity contribution in [3.63, 3.8) is 0 Å². The molecule has 0 fully saturated rings. The average molecular weight is 448 g/mol. The van der Waals surface area contributed by atoms with Gasteiger partial charge in [-0.1, -0.05) is 13.8 Å². The first kappa shape index (κ1) is 19.9. The van der Waals surface area contributed by atoms with E-state index in [0.717, 1.165) is 36.2 Å². The summed E-state index contributed by atoms with van der Waals surface area (Å²) in [5.74, 6) is 1.29. The molecular weight excluding hydrogens is 423 g/mol. The summed E-state index contributed by atoms with van der Waals surface area (Å²) in [4.78, 5) is 12.9. The van der Waals surface area contributed by atoms with Crippen LogP contribution in [0.5, 0.6) is 0 Å². The number of halogens is 1. The summed E-state index contributed by atoms with van der Waals surface area (Å²) in [6.07, 6.45) is 6.63. The van der Waals surface area contributed by atoms with Crippen molar-refractivity contribution in [2.45, 2.75) is 39.3 Å². The van der Waals surface area contributed by atoms with Crippen LogP contribution >= 0.6 is 35.3 Å². The predicted molar refractivity (Wildman–Crippen MR) is 107 cm³/mol. The molecule has 23 heavy (non-hydrogen) atoms. The lowest BCUT2D eigenvalue weighted by atomic mass is 10.2. The van der Waals surface area contributed by atoms with Crippen LogP contribution in [0.4, 0.5) is 0 Å². The molecule has 0 bridgehead atoms. The Labute approximate surface area is 158 Å². The highest BCUT2D eigenvalue weighted by molar-refractivity contribution is 14.0. The number of aromatic nitrogens is 3. The third kappa shape index (κ3) is 6.86. The molecule has 0 unspecified atom stereocenters. The van der Waals surface area contributed by atoms with Crippen LogP contribution in [0.25, 0.3) is 0 Å². The number of rotatable bonds is 7. The molecule has 6 nitrogen and oxygen atoms in total. The van der Waals surface area contributed by atoms with Gasteiger partial charge in [-0.15, -0.1) is 35.3 Å². The number of guanidine groups is 1. The number of aliphatic imine (C=N–C) groups is 1. The maximum Gasteiger partial charge on any atom is 0.191 e. The first-order valence-electron chi connectivity index (χ1n) is 7.53. The Morgan fingerprint density at radius 2 is 2.22 bits per heavy atom. The fourth-order valence-electron chi connectivity index (χ4n) is 1.94. The Kier molecular flexibility index (Phi) is 9.15. The lowest BCUT2D eigenvalue weighted by Gasteiger charge is -2.11. The second kappa shape index (κ2) is 10.6. The standard InChI is InChI=1S/C15H24N6S.HI/c1-12(2)13-10-22-14(20-13)9-19-15(16-3)18-5-4-7-21-8-6-17-11-21;/h6,8,10-12H,4-5,7,9H2,1-3H3,(H2,16,18,19);1H. The topological polar surface area (TPSA) is 67.1 Å². The van der Waals surface area contributed by atoms with Crippen molar-refractivity contribution >= 4 is 41.3 Å². The van der Waals surface area contributed by atoms with Gasteiger partial charge in [0, 0.05) is 37.9 Å². The zero-order valence-corrected chi connectivity index (χ0v) is 17.0. The van der Waals surface area contributed by atoms with Crippen molar-refractivity contribution in [2.75, 3.05) is 13.6 Å². The summed E-state index contributed by atoms with van der Waals surface area (Å²) >= 11 is 1.69. The van der Waals surface area contributed by atoms with Crippen molar-refractivity contribution < 1.29 is 0 Å². The molecule has 0 saturated heterocycles. The van der Waals surface area contributed by atoms with Crippen LogP contribution in [0, 0.1) is 0 Å². The number of nitrogens with zero attached hydrogens (tertiary/aromatic N) is 4. The predicted octanol–water partition coefficient (Wildman–Crippen LogP) is 2.84. The van der Waals surface area contributed by atoms with Crippen LogP contribution in [0.3, 0.4) is 0 Å². The van der Waals surface area contributed by atoms with Gasteiger partial charge in [0.15, 0.2) is 5.96 Å². The molecule has 8 heteroatoms. The molecule has 0 spiro atoms. The molecule has 2 aromatic rings. The zero-order chi connectivity index (χ0) is 15.8. The molecule has 0 aliphatic carbocycles. The van der Waals surface area contributed by atoms with Crippen LogP contribution in [-0.2, 0) is 13.1 Å². The molecule has 0 saturated carbocycles. The van der Waals surface area contributed by atoms with E-state index in [1.165, 1.54) is 0 Å². The first-order valence-corrected chi connectivity index (χ1v) is 8.41. The summed E-state index contributed by atoms with van der Waals surface area (Å²) < 4.78 is 2.07. The third-order valence-electron chi connectivity index (χ3n) is 3.24. The van der Waals surface area contributed by atoms with Gasteiger partial charge in [0.2, 0.25) is 0 Å². The molecule has 2 aromatic heterocycles. The number of thiazole rings is 1. The van der Waals surface area contributed by atoms with Crippen LogP contribution < -0.4 is 10.6 Å². The molecule has 0 aromatic carbocycles. The van der Waals surface area contributed by atoms with Gasteiger partial charge in [0.25, 0.3) is 0 Å². The first-order chi connectivity index (χ1) is 10.7. The van der Waals surface area contributed by atoms with Crippen molar-refractivity contribution in [3.05, 3.63) is 34.8 Å². The van der Waals surface area contributed by atoms with E-state index in [1.54, 1.807) is 24.6 Å². The summed E-state index contributed by atoms with van der Waals surface area (Å²) in [6, 6.07) is 0. The van der Waals surface area contributed by atoms with Gasteiger partial charge in [-0.2, -0.15) is 0 Å². The summed E-state index contributed by atoms with van der Waals surface area (Å²) in [6.45, 7) is 6.85. The molecule has 0 aliphatic heterocycles. The van der Waals surface area contributed by atoms with Gasteiger partial charge in [0.05, 0.1) is 18.6 Å². The second-order valence-corrected chi connectivity index (χ2v) is 6.27. The Hall–Kier alpha value is -1.16. The molecule has 0 radical (unpaired) electrons. The van der Waals surface area contributed by atoms with Gasteiger partial charge < -0.3 is 15.2 Å². The molecule has 2 N–H and O–H groups in total. The summed E-state index contributed by atoms with van der Waals surface area (Å²) in [7, 11) is 1.78. The Morgan fingerprint density at radius 3 is 2.83 bits per heavy atom. The van der Waals surface area contributed by atoms with Crippen molar-refractivity contribution in [1.82, 2.24) is 25.2 Å². The Balaban J connectivity index is 0.00000264. The molecule has 0 atom stereocenters. The average Bonchev–Trinajstić information content (AvgIpc) is 3.18. The second-order valence-electron chi connectivity index (χ2n) is 5.33. The molecule has 128 valence electrons. The Morgan fingerprint density at radius 1 is 1.39 bits per heavy atom. The SMILES string of the molecule is CN=C(NCCCn1ccnc1)NCc1nc(C(C)C)cs1.I. The van der Waals surface area contributed by atoms with E-state index < -0.39 is 0 Å². The number of aryl methyl sites for hydroxylation is 1. The van der Waals surface area contributed by atoms with Gasteiger partial charge in [-0.25, -0.2) is 9.97 Å². The van der Waals surface area contributed by atoms with Crippen LogP contribution in [0.2, 0.25) is 0 Å². The van der Waals surface area contributed by atoms with Gasteiger partial charge in [-0.05, 0) is 12.3 Å². The number of hydrogen-bond donors (Lipinski definition) is 2. The molecule has 0 amide bonds. The molecular formula is C15H25IN6S. The lowest BCUT2D eigenvalue weighted by molar-refractivity contribution is 0.624. The van der Waals surface area contributed by atoms with E-state index in [2.05, 4.69) is 49.4 Å². The normalized spacial score (nSPS) is 11.4. The van der Waals surface area contributed by atoms with Crippen LogP contribution in [-0.4, -0.2) is 34.1 Å². The Bertz CT molecular complexity index is 579. The maximum absolute atomic E-state index is 4.61. The smallest absolute Gasteiger partial charge is 0.191 e. The monoisotopic (exact) mass is 448 g/mol. The number of nitrogens with one attached hydrogen (secondary N) is 2. The minimum atomic E-state index is 0. The summed E-state index contributed by atoms with van der Waals surface area (Å²) in [5, 5.41) is 9.83. The van der Waals surface area contributed by atoms with E-state index in [9.17, 15) is 0 Å². The van der Waals surface area contributed by atoms with E-state index in [1.807, 2.05) is 12.5 Å². The van der Waals surface area contributed by atoms with Crippen molar-refractivity contribution in [2.24, 2.45) is 4.99 Å². The van der Waals surface area contributed by atoms with E-state index >= 15 is 0 Å². The highest BCUT2D eigenvalue weighted by Gasteiger charge is 2.06. The van der Waals surface area contributed by atoms with Gasteiger partial charge in [0.1, 0.15) is 5.01 Å².